The number of imidazole rings is 1. The number of para-hydroxylation sites is 2. The molecule has 1 atom stereocenters. The highest BCUT2D eigenvalue weighted by Crippen LogP contribution is 2.24. The van der Waals surface area contributed by atoms with Crippen molar-refractivity contribution in [2.75, 3.05) is 6.61 Å². The summed E-state index contributed by atoms with van der Waals surface area (Å²) in [5.41, 5.74) is 2.70. The number of nitrogens with zero attached hydrogens (tertiary/aromatic N) is 1. The maximum Gasteiger partial charge on any atom is 0.251 e. The number of hydrogen-bond donors (Lipinski definition) is 2. The fraction of sp³-hybridized carbons (Fsp3) is 0.444. The van der Waals surface area contributed by atoms with E-state index in [1.807, 2.05) is 38.1 Å². The lowest BCUT2D eigenvalue weighted by atomic mass is 10.0. The van der Waals surface area contributed by atoms with Gasteiger partial charge in [-0.05, 0) is 31.4 Å². The third-order valence-electron chi connectivity index (χ3n) is 4.23. The third kappa shape index (κ3) is 3.23. The molecule has 0 unspecified atom stereocenters. The Balaban J connectivity index is 1.81. The van der Waals surface area contributed by atoms with E-state index < -0.39 is 0 Å². The van der Waals surface area contributed by atoms with Crippen molar-refractivity contribution >= 4 is 16.9 Å². The number of hydrogen-bond acceptors (Lipinski definition) is 3. The highest BCUT2D eigenvalue weighted by molar-refractivity contribution is 5.94. The van der Waals surface area contributed by atoms with Crippen molar-refractivity contribution in [3.63, 3.8) is 0 Å². The van der Waals surface area contributed by atoms with Crippen LogP contribution in [-0.4, -0.2) is 22.5 Å². The second-order valence-electron chi connectivity index (χ2n) is 5.78. The summed E-state index contributed by atoms with van der Waals surface area (Å²) < 4.78 is 5.63. The molecule has 1 aliphatic heterocycles. The largest absolute Gasteiger partial charge is 0.497 e. The zero-order valence-electron chi connectivity index (χ0n) is 13.7. The Morgan fingerprint density at radius 1 is 1.39 bits per heavy atom. The predicted molar refractivity (Wildman–Crippen MR) is 89.8 cm³/mol. The van der Waals surface area contributed by atoms with Crippen molar-refractivity contribution < 1.29 is 9.53 Å². The molecule has 0 bridgehead atoms. The predicted octanol–water partition coefficient (Wildman–Crippen LogP) is 3.60. The lowest BCUT2D eigenvalue weighted by molar-refractivity contribution is -0.119. The number of ether oxygens (including phenoxy) is 1. The molecule has 1 aliphatic rings. The van der Waals surface area contributed by atoms with Crippen LogP contribution in [-0.2, 0) is 9.53 Å². The van der Waals surface area contributed by atoms with Crippen LogP contribution in [0, 0.1) is 0 Å². The van der Waals surface area contributed by atoms with E-state index in [9.17, 15) is 4.79 Å². The van der Waals surface area contributed by atoms with Gasteiger partial charge in [-0.2, -0.15) is 0 Å². The summed E-state index contributed by atoms with van der Waals surface area (Å²) in [5, 5.41) is 3.11. The zero-order valence-corrected chi connectivity index (χ0v) is 13.7. The topological polar surface area (TPSA) is 67.0 Å². The minimum Gasteiger partial charge on any atom is -0.497 e. The molecule has 2 aromatic rings. The molecule has 0 radical (unpaired) electrons. The molecular weight excluding hydrogens is 290 g/mol. The van der Waals surface area contributed by atoms with Gasteiger partial charge in [0, 0.05) is 6.42 Å². The average molecular weight is 313 g/mol. The SMILES string of the molecule is CCC1=C(C(=O)N[C@H](CC)c2nc3ccccc3[nH]2)CCCO1. The molecule has 23 heavy (non-hydrogen) atoms. The van der Waals surface area contributed by atoms with E-state index in [1.165, 1.54) is 0 Å². The normalized spacial score (nSPS) is 16.3. The third-order valence-corrected chi connectivity index (χ3v) is 4.23. The van der Waals surface area contributed by atoms with Gasteiger partial charge in [-0.25, -0.2) is 4.98 Å². The Labute approximate surface area is 136 Å². The van der Waals surface area contributed by atoms with Gasteiger partial charge in [0.15, 0.2) is 0 Å². The van der Waals surface area contributed by atoms with Gasteiger partial charge in [0.1, 0.15) is 11.6 Å². The van der Waals surface area contributed by atoms with Gasteiger partial charge < -0.3 is 15.0 Å². The number of aromatic nitrogens is 2. The van der Waals surface area contributed by atoms with E-state index in [0.717, 1.165) is 53.9 Å². The number of amides is 1. The minimum absolute atomic E-state index is 0.0335. The van der Waals surface area contributed by atoms with Crippen molar-refractivity contribution in [3.8, 4) is 0 Å². The fourth-order valence-electron chi connectivity index (χ4n) is 2.97. The summed E-state index contributed by atoms with van der Waals surface area (Å²) in [7, 11) is 0. The molecule has 0 saturated carbocycles. The van der Waals surface area contributed by atoms with E-state index in [0.29, 0.717) is 6.61 Å². The molecule has 3 rings (SSSR count). The smallest absolute Gasteiger partial charge is 0.251 e. The van der Waals surface area contributed by atoms with Gasteiger partial charge in [0.25, 0.3) is 5.91 Å². The molecule has 5 nitrogen and oxygen atoms in total. The highest BCUT2D eigenvalue weighted by Gasteiger charge is 2.23. The quantitative estimate of drug-likeness (QED) is 0.886. The Morgan fingerprint density at radius 3 is 2.96 bits per heavy atom. The maximum atomic E-state index is 12.6. The van der Waals surface area contributed by atoms with Crippen LogP contribution < -0.4 is 5.32 Å². The van der Waals surface area contributed by atoms with Crippen LogP contribution in [0.15, 0.2) is 35.6 Å². The number of rotatable bonds is 5. The molecule has 0 spiro atoms. The monoisotopic (exact) mass is 313 g/mol. The van der Waals surface area contributed by atoms with Crippen LogP contribution in [0.5, 0.6) is 0 Å². The van der Waals surface area contributed by atoms with E-state index in [1.54, 1.807) is 0 Å². The highest BCUT2D eigenvalue weighted by atomic mass is 16.5. The number of carbonyl (C=O) groups is 1. The number of nitrogens with one attached hydrogen (secondary N) is 2. The first-order valence-corrected chi connectivity index (χ1v) is 8.33. The van der Waals surface area contributed by atoms with Gasteiger partial charge in [-0.15, -0.1) is 0 Å². The molecule has 0 aliphatic carbocycles. The lowest BCUT2D eigenvalue weighted by Crippen LogP contribution is -2.32. The number of fused-ring (bicyclic) bond motifs is 1. The summed E-state index contributed by atoms with van der Waals surface area (Å²) in [6.45, 7) is 4.77. The summed E-state index contributed by atoms with van der Waals surface area (Å²) in [6.07, 6.45) is 3.21. The first-order valence-electron chi connectivity index (χ1n) is 8.33. The van der Waals surface area contributed by atoms with Crippen LogP contribution in [0.1, 0.15) is 51.4 Å². The van der Waals surface area contributed by atoms with Gasteiger partial charge in [-0.1, -0.05) is 26.0 Å². The van der Waals surface area contributed by atoms with Gasteiger partial charge >= 0.3 is 0 Å². The summed E-state index contributed by atoms with van der Waals surface area (Å²) in [6, 6.07) is 7.78. The Morgan fingerprint density at radius 2 is 2.22 bits per heavy atom. The number of carbonyl (C=O) groups excluding carboxylic acids is 1. The lowest BCUT2D eigenvalue weighted by Gasteiger charge is -2.22. The molecule has 1 amide bonds. The number of allylic oxidation sites excluding steroid dienone is 1. The molecule has 122 valence electrons. The number of aromatic amines is 1. The zero-order chi connectivity index (χ0) is 16.2. The van der Waals surface area contributed by atoms with Gasteiger partial charge in [0.05, 0.1) is 29.3 Å². The second-order valence-corrected chi connectivity index (χ2v) is 5.78. The Kier molecular flexibility index (Phi) is 4.65. The number of H-pyrrole nitrogens is 1. The second kappa shape index (κ2) is 6.86. The van der Waals surface area contributed by atoms with Crippen LogP contribution in [0.2, 0.25) is 0 Å². The first kappa shape index (κ1) is 15.6. The van der Waals surface area contributed by atoms with Crippen molar-refractivity contribution in [1.82, 2.24) is 15.3 Å². The van der Waals surface area contributed by atoms with Crippen molar-refractivity contribution in [2.24, 2.45) is 0 Å². The Hall–Kier alpha value is -2.30. The maximum absolute atomic E-state index is 12.6. The molecule has 2 heterocycles. The Bertz CT molecular complexity index is 700. The summed E-state index contributed by atoms with van der Waals surface area (Å²) in [4.78, 5) is 20.5. The summed E-state index contributed by atoms with van der Waals surface area (Å²) >= 11 is 0. The molecule has 1 aromatic carbocycles. The van der Waals surface area contributed by atoms with E-state index in [4.69, 9.17) is 4.74 Å². The average Bonchev–Trinajstić information content (AvgIpc) is 3.03. The van der Waals surface area contributed by atoms with Crippen molar-refractivity contribution in [3.05, 3.63) is 41.4 Å². The number of benzene rings is 1. The van der Waals surface area contributed by atoms with Crippen LogP contribution >= 0.6 is 0 Å². The fourth-order valence-corrected chi connectivity index (χ4v) is 2.97. The van der Waals surface area contributed by atoms with Gasteiger partial charge in [0.2, 0.25) is 0 Å². The molecule has 1 aromatic heterocycles. The first-order chi connectivity index (χ1) is 11.2. The molecule has 0 fully saturated rings. The molecule has 2 N–H and O–H groups in total. The molecule has 0 saturated heterocycles. The van der Waals surface area contributed by atoms with Crippen molar-refractivity contribution in [1.29, 1.82) is 0 Å². The van der Waals surface area contributed by atoms with Gasteiger partial charge in [-0.3, -0.25) is 4.79 Å². The van der Waals surface area contributed by atoms with E-state index >= 15 is 0 Å². The molecule has 5 heteroatoms. The van der Waals surface area contributed by atoms with E-state index in [-0.39, 0.29) is 11.9 Å². The summed E-state index contributed by atoms with van der Waals surface area (Å²) in [5.74, 6) is 1.60. The van der Waals surface area contributed by atoms with Crippen LogP contribution in [0.3, 0.4) is 0 Å². The standard InChI is InChI=1S/C18H23N3O2/c1-3-13(17-19-14-9-5-6-10-15(14)20-17)21-18(22)12-8-7-11-23-16(12)4-2/h5-6,9-10,13H,3-4,7-8,11H2,1-2H3,(H,19,20)(H,21,22)/t13-/m1/s1. The van der Waals surface area contributed by atoms with E-state index in [2.05, 4.69) is 15.3 Å². The minimum atomic E-state index is -0.123. The van der Waals surface area contributed by atoms with Crippen molar-refractivity contribution in [2.45, 2.75) is 45.6 Å². The molecular formula is C18H23N3O2. The van der Waals surface area contributed by atoms with Crippen LogP contribution in [0.4, 0.5) is 0 Å². The van der Waals surface area contributed by atoms with Crippen LogP contribution in [0.25, 0.3) is 11.0 Å².